The summed E-state index contributed by atoms with van der Waals surface area (Å²) < 4.78 is 15.9. The van der Waals surface area contributed by atoms with Crippen molar-refractivity contribution in [3.8, 4) is 11.5 Å². The van der Waals surface area contributed by atoms with E-state index in [0.717, 1.165) is 15.3 Å². The first-order valence-corrected chi connectivity index (χ1v) is 13.1. The molecule has 0 unspecified atom stereocenters. The van der Waals surface area contributed by atoms with E-state index in [-0.39, 0.29) is 36.9 Å². The van der Waals surface area contributed by atoms with Crippen LogP contribution in [0.1, 0.15) is 25.7 Å². The Morgan fingerprint density at radius 2 is 1.64 bits per heavy atom. The van der Waals surface area contributed by atoms with Gasteiger partial charge in [0.1, 0.15) is 6.54 Å². The molecule has 10 nitrogen and oxygen atoms in total. The molecule has 0 saturated heterocycles. The number of methoxy groups -OCH3 is 3. The molecule has 39 heavy (non-hydrogen) atoms. The molecule has 1 heterocycles. The normalized spacial score (nSPS) is 10.7. The maximum absolute atomic E-state index is 13.6. The van der Waals surface area contributed by atoms with Crippen LogP contribution in [0.4, 0.5) is 5.69 Å². The second kappa shape index (κ2) is 14.3. The van der Waals surface area contributed by atoms with Gasteiger partial charge in [0.25, 0.3) is 11.6 Å². The van der Waals surface area contributed by atoms with Crippen LogP contribution in [0.15, 0.2) is 54.6 Å². The second-order valence-corrected chi connectivity index (χ2v) is 10.2. The largest absolute Gasteiger partial charge is 0.493 e. The lowest BCUT2D eigenvalue weighted by atomic mass is 10.1. The fourth-order valence-electron chi connectivity index (χ4n) is 3.98. The molecule has 0 atom stereocenters. The quantitative estimate of drug-likeness (QED) is 0.215. The third kappa shape index (κ3) is 8.26. The third-order valence-corrected chi connectivity index (χ3v) is 7.10. The molecule has 1 aromatic heterocycles. The van der Waals surface area contributed by atoms with Crippen molar-refractivity contribution >= 4 is 28.8 Å². The highest BCUT2D eigenvalue weighted by Crippen LogP contribution is 2.28. The molecular weight excluding hydrogens is 522 g/mol. The minimum Gasteiger partial charge on any atom is -0.493 e. The lowest BCUT2D eigenvalue weighted by Crippen LogP contribution is -2.44. The number of hydrogen-bond acceptors (Lipinski definition) is 8. The zero-order chi connectivity index (χ0) is 28.4. The van der Waals surface area contributed by atoms with E-state index < -0.39 is 10.8 Å². The maximum atomic E-state index is 13.6. The predicted molar refractivity (Wildman–Crippen MR) is 149 cm³/mol. The fourth-order valence-corrected chi connectivity index (χ4v) is 4.88. The first-order valence-electron chi connectivity index (χ1n) is 12.3. The van der Waals surface area contributed by atoms with Crippen LogP contribution in [0.2, 0.25) is 0 Å². The minimum atomic E-state index is -0.525. The van der Waals surface area contributed by atoms with Gasteiger partial charge in [0.15, 0.2) is 11.5 Å². The second-order valence-electron chi connectivity index (χ2n) is 8.79. The van der Waals surface area contributed by atoms with Gasteiger partial charge in [-0.05, 0) is 55.3 Å². The van der Waals surface area contributed by atoms with Crippen LogP contribution in [0, 0.1) is 17.0 Å². The molecule has 0 aliphatic heterocycles. The van der Waals surface area contributed by atoms with Crippen molar-refractivity contribution in [2.24, 2.45) is 0 Å². The number of carbonyl (C=O) groups is 2. The number of aryl methyl sites for hydroxylation is 1. The van der Waals surface area contributed by atoms with Gasteiger partial charge in [-0.2, -0.15) is 0 Å². The standard InChI is InChI=1S/C28H33N3O7S/c1-20-5-11-24(39-20)18-29(14-13-21-6-12-25(37-3)26(17-21)38-4)27(32)19-30(15-16-36-2)28(33)22-7-9-23(10-8-22)31(34)35/h5-12,17H,13-16,18-19H2,1-4H3. The van der Waals surface area contributed by atoms with Crippen molar-refractivity contribution in [3.63, 3.8) is 0 Å². The number of rotatable bonds is 14. The first-order chi connectivity index (χ1) is 18.7. The number of carbonyl (C=O) groups excluding carboxylic acids is 2. The van der Waals surface area contributed by atoms with Crippen LogP contribution >= 0.6 is 11.3 Å². The Bertz CT molecular complexity index is 1280. The highest BCUT2D eigenvalue weighted by molar-refractivity contribution is 7.11. The summed E-state index contributed by atoms with van der Waals surface area (Å²) in [4.78, 5) is 42.7. The van der Waals surface area contributed by atoms with E-state index in [0.29, 0.717) is 31.0 Å². The van der Waals surface area contributed by atoms with Crippen molar-refractivity contribution in [1.82, 2.24) is 9.80 Å². The summed E-state index contributed by atoms with van der Waals surface area (Å²) in [7, 11) is 4.67. The number of thiophene rings is 1. The molecule has 0 aliphatic carbocycles. The highest BCUT2D eigenvalue weighted by Gasteiger charge is 2.23. The lowest BCUT2D eigenvalue weighted by molar-refractivity contribution is -0.384. The SMILES string of the molecule is COCCN(CC(=O)N(CCc1ccc(OC)c(OC)c1)Cc1ccc(C)s1)C(=O)c1ccc([N+](=O)[O-])cc1. The summed E-state index contributed by atoms with van der Waals surface area (Å²) >= 11 is 1.62. The fraction of sp³-hybridized carbons (Fsp3) is 0.357. The van der Waals surface area contributed by atoms with Gasteiger partial charge in [-0.1, -0.05) is 6.07 Å². The molecule has 2 amide bonds. The molecule has 0 fully saturated rings. The Morgan fingerprint density at radius 1 is 0.923 bits per heavy atom. The summed E-state index contributed by atoms with van der Waals surface area (Å²) in [5.74, 6) is 0.623. The molecule has 2 aromatic carbocycles. The number of nitro benzene ring substituents is 1. The highest BCUT2D eigenvalue weighted by atomic mass is 32.1. The Hall–Kier alpha value is -3.96. The van der Waals surface area contributed by atoms with Gasteiger partial charge in [0.2, 0.25) is 5.91 Å². The minimum absolute atomic E-state index is 0.112. The van der Waals surface area contributed by atoms with Gasteiger partial charge >= 0.3 is 0 Å². The Labute approximate surface area is 231 Å². The molecule has 0 saturated carbocycles. The van der Waals surface area contributed by atoms with E-state index in [9.17, 15) is 19.7 Å². The van der Waals surface area contributed by atoms with Gasteiger partial charge < -0.3 is 24.0 Å². The Kier molecular flexibility index (Phi) is 10.8. The average Bonchev–Trinajstić information content (AvgIpc) is 3.36. The van der Waals surface area contributed by atoms with Crippen molar-refractivity contribution in [2.45, 2.75) is 19.9 Å². The Morgan fingerprint density at radius 3 is 2.23 bits per heavy atom. The van der Waals surface area contributed by atoms with Gasteiger partial charge in [-0.15, -0.1) is 11.3 Å². The summed E-state index contributed by atoms with van der Waals surface area (Å²) in [6, 6.07) is 15.0. The average molecular weight is 556 g/mol. The van der Waals surface area contributed by atoms with Crippen LogP contribution in [-0.4, -0.2) is 74.1 Å². The molecule has 0 N–H and O–H groups in total. The molecule has 0 spiro atoms. The van der Waals surface area contributed by atoms with E-state index >= 15 is 0 Å². The summed E-state index contributed by atoms with van der Waals surface area (Å²) in [6.07, 6.45) is 0.574. The third-order valence-electron chi connectivity index (χ3n) is 6.12. The number of nitrogens with zero attached hydrogens (tertiary/aromatic N) is 3. The van der Waals surface area contributed by atoms with Gasteiger partial charge in [-0.25, -0.2) is 0 Å². The molecule has 3 rings (SSSR count). The van der Waals surface area contributed by atoms with Crippen molar-refractivity contribution < 1.29 is 28.7 Å². The summed E-state index contributed by atoms with van der Waals surface area (Å²) in [5.41, 5.74) is 1.12. The lowest BCUT2D eigenvalue weighted by Gasteiger charge is -2.27. The Balaban J connectivity index is 1.79. The van der Waals surface area contributed by atoms with Gasteiger partial charge in [0, 0.05) is 47.6 Å². The van der Waals surface area contributed by atoms with Crippen LogP contribution in [0.25, 0.3) is 0 Å². The van der Waals surface area contributed by atoms with E-state index in [1.165, 1.54) is 36.3 Å². The number of hydrogen-bond donors (Lipinski definition) is 0. The van der Waals surface area contributed by atoms with E-state index in [1.54, 1.807) is 30.5 Å². The topological polar surface area (TPSA) is 111 Å². The smallest absolute Gasteiger partial charge is 0.269 e. The number of nitro groups is 1. The first kappa shape index (κ1) is 29.6. The molecule has 208 valence electrons. The van der Waals surface area contributed by atoms with Crippen LogP contribution in [0.3, 0.4) is 0 Å². The number of amides is 2. The van der Waals surface area contributed by atoms with E-state index in [4.69, 9.17) is 14.2 Å². The van der Waals surface area contributed by atoms with Crippen molar-refractivity contribution in [1.29, 1.82) is 0 Å². The molecule has 0 bridgehead atoms. The van der Waals surface area contributed by atoms with E-state index in [1.807, 2.05) is 37.3 Å². The van der Waals surface area contributed by atoms with Crippen LogP contribution < -0.4 is 9.47 Å². The summed E-state index contributed by atoms with van der Waals surface area (Å²) in [6.45, 7) is 3.12. The zero-order valence-electron chi connectivity index (χ0n) is 22.5. The molecule has 11 heteroatoms. The van der Waals surface area contributed by atoms with Gasteiger partial charge in [-0.3, -0.25) is 19.7 Å². The van der Waals surface area contributed by atoms with Crippen molar-refractivity contribution in [3.05, 3.63) is 85.6 Å². The molecular formula is C28H33N3O7S. The molecule has 0 aliphatic rings. The molecule has 0 radical (unpaired) electrons. The van der Waals surface area contributed by atoms with Crippen molar-refractivity contribution in [2.75, 3.05) is 47.6 Å². The van der Waals surface area contributed by atoms with E-state index in [2.05, 4.69) is 0 Å². The number of non-ortho nitro benzene ring substituents is 1. The molecule has 3 aromatic rings. The number of benzene rings is 2. The monoisotopic (exact) mass is 555 g/mol. The zero-order valence-corrected chi connectivity index (χ0v) is 23.4. The summed E-state index contributed by atoms with van der Waals surface area (Å²) in [5, 5.41) is 11.0. The van der Waals surface area contributed by atoms with Gasteiger partial charge in [0.05, 0.1) is 32.3 Å². The predicted octanol–water partition coefficient (Wildman–Crippen LogP) is 4.34. The number of ether oxygens (including phenoxy) is 3. The van der Waals surface area contributed by atoms with Crippen LogP contribution in [0.5, 0.6) is 11.5 Å². The maximum Gasteiger partial charge on any atom is 0.269 e. The van der Waals surface area contributed by atoms with Crippen LogP contribution in [-0.2, 0) is 22.5 Å².